The lowest BCUT2D eigenvalue weighted by Gasteiger charge is -2.30. The molecule has 2 N–H and O–H groups in total. The zero-order valence-corrected chi connectivity index (χ0v) is 20.8. The van der Waals surface area contributed by atoms with Crippen LogP contribution in [0.3, 0.4) is 0 Å². The maximum absolute atomic E-state index is 4.50. The van der Waals surface area contributed by atoms with Crippen LogP contribution in [0.5, 0.6) is 0 Å². The van der Waals surface area contributed by atoms with Crippen molar-refractivity contribution in [3.8, 4) is 0 Å². The summed E-state index contributed by atoms with van der Waals surface area (Å²) in [7, 11) is 1.83. The van der Waals surface area contributed by atoms with E-state index in [2.05, 4.69) is 83.5 Å². The molecular formula is C21H34IN5S. The number of rotatable bonds is 9. The average molecular weight is 516 g/mol. The van der Waals surface area contributed by atoms with Crippen molar-refractivity contribution in [3.63, 3.8) is 0 Å². The van der Waals surface area contributed by atoms with Crippen LogP contribution in [-0.4, -0.2) is 49.1 Å². The second kappa shape index (κ2) is 13.1. The molecule has 0 bridgehead atoms. The smallest absolute Gasteiger partial charge is 0.191 e. The van der Waals surface area contributed by atoms with E-state index in [-0.39, 0.29) is 24.0 Å². The Morgan fingerprint density at radius 1 is 1.14 bits per heavy atom. The maximum Gasteiger partial charge on any atom is 0.191 e. The van der Waals surface area contributed by atoms with Crippen LogP contribution in [0.2, 0.25) is 0 Å². The van der Waals surface area contributed by atoms with Crippen molar-refractivity contribution in [3.05, 3.63) is 51.5 Å². The van der Waals surface area contributed by atoms with Crippen molar-refractivity contribution in [2.75, 3.05) is 33.2 Å². The molecule has 1 atom stereocenters. The molecule has 7 heteroatoms. The average Bonchev–Trinajstić information content (AvgIpc) is 3.01. The zero-order valence-electron chi connectivity index (χ0n) is 17.7. The maximum atomic E-state index is 4.50. The SMILES string of the molecule is CCN(CC)C(CNC(=NC)NCCc1sc(C)nc1C)c1ccccc1.I. The van der Waals surface area contributed by atoms with Crippen molar-refractivity contribution in [2.45, 2.75) is 40.2 Å². The number of likely N-dealkylation sites (N-methyl/N-ethyl adjacent to an activating group) is 1. The molecule has 1 heterocycles. The Labute approximate surface area is 191 Å². The van der Waals surface area contributed by atoms with Crippen molar-refractivity contribution in [1.29, 1.82) is 0 Å². The number of nitrogens with one attached hydrogen (secondary N) is 2. The van der Waals surface area contributed by atoms with Gasteiger partial charge in [0, 0.05) is 31.4 Å². The number of guanidine groups is 1. The van der Waals surface area contributed by atoms with E-state index < -0.39 is 0 Å². The summed E-state index contributed by atoms with van der Waals surface area (Å²) < 4.78 is 0. The summed E-state index contributed by atoms with van der Waals surface area (Å²) in [5.41, 5.74) is 2.48. The van der Waals surface area contributed by atoms with Crippen molar-refractivity contribution in [2.24, 2.45) is 4.99 Å². The number of aryl methyl sites for hydroxylation is 2. The van der Waals surface area contributed by atoms with Crippen LogP contribution in [0.15, 0.2) is 35.3 Å². The molecule has 28 heavy (non-hydrogen) atoms. The van der Waals surface area contributed by atoms with E-state index in [0.717, 1.165) is 49.3 Å². The van der Waals surface area contributed by atoms with Crippen LogP contribution in [-0.2, 0) is 6.42 Å². The lowest BCUT2D eigenvalue weighted by molar-refractivity contribution is 0.219. The highest BCUT2D eigenvalue weighted by Crippen LogP contribution is 2.19. The predicted molar refractivity (Wildman–Crippen MR) is 132 cm³/mol. The van der Waals surface area contributed by atoms with Gasteiger partial charge >= 0.3 is 0 Å². The third-order valence-corrected chi connectivity index (χ3v) is 5.90. The lowest BCUT2D eigenvalue weighted by atomic mass is 10.1. The van der Waals surface area contributed by atoms with Gasteiger partial charge < -0.3 is 10.6 Å². The Kier molecular flexibility index (Phi) is 11.6. The third-order valence-electron chi connectivity index (χ3n) is 4.77. The highest BCUT2D eigenvalue weighted by Gasteiger charge is 2.18. The monoisotopic (exact) mass is 515 g/mol. The molecule has 0 aliphatic heterocycles. The minimum absolute atomic E-state index is 0. The van der Waals surface area contributed by atoms with Gasteiger partial charge in [0.2, 0.25) is 0 Å². The Bertz CT molecular complexity index is 713. The summed E-state index contributed by atoms with van der Waals surface area (Å²) in [4.78, 5) is 12.7. The second-order valence-electron chi connectivity index (χ2n) is 6.52. The van der Waals surface area contributed by atoms with E-state index in [9.17, 15) is 0 Å². The number of halogens is 1. The first-order chi connectivity index (χ1) is 13.1. The zero-order chi connectivity index (χ0) is 19.6. The van der Waals surface area contributed by atoms with E-state index >= 15 is 0 Å². The number of aromatic nitrogens is 1. The van der Waals surface area contributed by atoms with Crippen LogP contribution >= 0.6 is 35.3 Å². The molecular weight excluding hydrogens is 481 g/mol. The van der Waals surface area contributed by atoms with Crippen LogP contribution in [0.1, 0.15) is 41.0 Å². The van der Waals surface area contributed by atoms with Gasteiger partial charge in [-0.1, -0.05) is 44.2 Å². The number of benzene rings is 1. The van der Waals surface area contributed by atoms with Gasteiger partial charge in [-0.3, -0.25) is 9.89 Å². The number of nitrogens with zero attached hydrogens (tertiary/aromatic N) is 3. The van der Waals surface area contributed by atoms with Gasteiger partial charge in [0.25, 0.3) is 0 Å². The second-order valence-corrected chi connectivity index (χ2v) is 7.81. The quantitative estimate of drug-likeness (QED) is 0.299. The standard InChI is InChI=1S/C21H33N5S.HI/c1-6-26(7-2)19(18-11-9-8-10-12-18)15-24-21(22-5)23-14-13-20-16(3)25-17(4)27-20;/h8-12,19H,6-7,13-15H2,1-5H3,(H2,22,23,24);1H. The van der Waals surface area contributed by atoms with Gasteiger partial charge in [-0.05, 0) is 32.5 Å². The van der Waals surface area contributed by atoms with E-state index in [1.165, 1.54) is 10.4 Å². The highest BCUT2D eigenvalue weighted by atomic mass is 127. The predicted octanol–water partition coefficient (Wildman–Crippen LogP) is 4.17. The summed E-state index contributed by atoms with van der Waals surface area (Å²) in [5.74, 6) is 0.849. The molecule has 2 aromatic rings. The third kappa shape index (κ3) is 7.33. The molecule has 0 fully saturated rings. The number of thiazole rings is 1. The fraction of sp³-hybridized carbons (Fsp3) is 0.524. The van der Waals surface area contributed by atoms with E-state index in [1.807, 2.05) is 7.05 Å². The number of hydrogen-bond donors (Lipinski definition) is 2. The van der Waals surface area contributed by atoms with Crippen LogP contribution in [0.25, 0.3) is 0 Å². The van der Waals surface area contributed by atoms with Gasteiger partial charge in [0.15, 0.2) is 5.96 Å². The molecule has 0 aliphatic rings. The minimum atomic E-state index is 0. The lowest BCUT2D eigenvalue weighted by Crippen LogP contribution is -2.43. The van der Waals surface area contributed by atoms with Crippen LogP contribution in [0.4, 0.5) is 0 Å². The Morgan fingerprint density at radius 2 is 1.82 bits per heavy atom. The molecule has 0 aliphatic carbocycles. The molecule has 0 radical (unpaired) electrons. The van der Waals surface area contributed by atoms with Crippen molar-refractivity contribution in [1.82, 2.24) is 20.5 Å². The summed E-state index contributed by atoms with van der Waals surface area (Å²) in [6.07, 6.45) is 0.968. The first-order valence-corrected chi connectivity index (χ1v) is 10.6. The molecule has 1 aromatic carbocycles. The van der Waals surface area contributed by atoms with Crippen LogP contribution < -0.4 is 10.6 Å². The van der Waals surface area contributed by atoms with Gasteiger partial charge in [0.05, 0.1) is 16.7 Å². The van der Waals surface area contributed by atoms with Crippen molar-refractivity contribution < 1.29 is 0 Å². The van der Waals surface area contributed by atoms with Gasteiger partial charge in [-0.2, -0.15) is 0 Å². The Hall–Kier alpha value is -1.19. The molecule has 1 unspecified atom stereocenters. The molecule has 0 spiro atoms. The molecule has 2 rings (SSSR count). The first-order valence-electron chi connectivity index (χ1n) is 9.75. The molecule has 0 saturated heterocycles. The molecule has 1 aromatic heterocycles. The topological polar surface area (TPSA) is 52.5 Å². The Balaban J connectivity index is 0.00000392. The largest absolute Gasteiger partial charge is 0.356 e. The van der Waals surface area contributed by atoms with Crippen LogP contribution in [0, 0.1) is 13.8 Å². The van der Waals surface area contributed by atoms with Gasteiger partial charge in [-0.15, -0.1) is 35.3 Å². The highest BCUT2D eigenvalue weighted by molar-refractivity contribution is 14.0. The Morgan fingerprint density at radius 3 is 2.36 bits per heavy atom. The van der Waals surface area contributed by atoms with Crippen molar-refractivity contribution >= 4 is 41.3 Å². The normalized spacial score (nSPS) is 12.6. The molecule has 156 valence electrons. The van der Waals surface area contributed by atoms with E-state index in [4.69, 9.17) is 0 Å². The summed E-state index contributed by atoms with van der Waals surface area (Å²) >= 11 is 1.78. The molecule has 5 nitrogen and oxygen atoms in total. The minimum Gasteiger partial charge on any atom is -0.356 e. The molecule has 0 amide bonds. The van der Waals surface area contributed by atoms with Gasteiger partial charge in [0.1, 0.15) is 0 Å². The summed E-state index contributed by atoms with van der Waals surface area (Å²) in [6, 6.07) is 11.0. The fourth-order valence-corrected chi connectivity index (χ4v) is 4.25. The first kappa shape index (κ1) is 24.8. The molecule has 0 saturated carbocycles. The van der Waals surface area contributed by atoms with E-state index in [1.54, 1.807) is 11.3 Å². The summed E-state index contributed by atoms with van der Waals surface area (Å²) in [6.45, 7) is 12.3. The van der Waals surface area contributed by atoms with Gasteiger partial charge in [-0.25, -0.2) is 4.98 Å². The fourth-order valence-electron chi connectivity index (χ4n) is 3.31. The summed E-state index contributed by atoms with van der Waals surface area (Å²) in [5, 5.41) is 8.08. The van der Waals surface area contributed by atoms with E-state index in [0.29, 0.717) is 6.04 Å². The number of aliphatic imine (C=N–C) groups is 1. The number of hydrogen-bond acceptors (Lipinski definition) is 4.